The molecule has 1 unspecified atom stereocenters. The molecule has 0 saturated heterocycles. The number of nitrogens with zero attached hydrogens (tertiary/aromatic N) is 1. The van der Waals surface area contributed by atoms with Crippen LogP contribution in [0.3, 0.4) is 0 Å². The van der Waals surface area contributed by atoms with Crippen LogP contribution in [-0.2, 0) is 0 Å². The summed E-state index contributed by atoms with van der Waals surface area (Å²) in [6.07, 6.45) is 0. The van der Waals surface area contributed by atoms with Gasteiger partial charge in [0.15, 0.2) is 0 Å². The molecule has 0 aliphatic carbocycles. The molecule has 0 saturated carbocycles. The van der Waals surface area contributed by atoms with Crippen LogP contribution in [0.4, 0.5) is 5.69 Å². The number of benzene rings is 2. The van der Waals surface area contributed by atoms with Crippen molar-refractivity contribution in [2.75, 3.05) is 24.6 Å². The molecule has 0 heterocycles. The van der Waals surface area contributed by atoms with Gasteiger partial charge >= 0.3 is 0 Å². The van der Waals surface area contributed by atoms with Gasteiger partial charge in [0.25, 0.3) is 0 Å². The summed E-state index contributed by atoms with van der Waals surface area (Å²) in [5.41, 5.74) is 6.66. The highest BCUT2D eigenvalue weighted by atomic mass is 16.3. The average Bonchev–Trinajstić information content (AvgIpc) is 2.44. The Morgan fingerprint density at radius 2 is 1.84 bits per heavy atom. The number of hydrogen-bond acceptors (Lipinski definition) is 3. The fourth-order valence-corrected chi connectivity index (χ4v) is 2.34. The first-order valence-electron chi connectivity index (χ1n) is 6.70. The van der Waals surface area contributed by atoms with Crippen LogP contribution >= 0.6 is 0 Å². The van der Waals surface area contributed by atoms with E-state index in [2.05, 4.69) is 42.2 Å². The van der Waals surface area contributed by atoms with Crippen molar-refractivity contribution < 1.29 is 5.11 Å². The lowest BCUT2D eigenvalue weighted by molar-refractivity contribution is 0.211. The number of aliphatic hydroxyl groups excluding tert-OH is 1. The summed E-state index contributed by atoms with van der Waals surface area (Å²) in [6.45, 7) is 5.46. The molecule has 0 bridgehead atoms. The molecule has 2 rings (SSSR count). The zero-order chi connectivity index (χ0) is 13.9. The van der Waals surface area contributed by atoms with Gasteiger partial charge in [0, 0.05) is 24.2 Å². The highest BCUT2D eigenvalue weighted by molar-refractivity contribution is 5.94. The second kappa shape index (κ2) is 5.59. The number of likely N-dealkylation sites (N-methyl/N-ethyl adjacent to an activating group) is 1. The van der Waals surface area contributed by atoms with Crippen LogP contribution < -0.4 is 10.6 Å². The maximum atomic E-state index is 9.35. The number of fused-ring (bicyclic) bond motifs is 1. The lowest BCUT2D eigenvalue weighted by Gasteiger charge is -2.32. The van der Waals surface area contributed by atoms with Crippen LogP contribution in [0.2, 0.25) is 0 Å². The maximum absolute atomic E-state index is 9.35. The Morgan fingerprint density at radius 1 is 1.16 bits per heavy atom. The number of aliphatic hydroxyl groups is 1. The number of nitrogens with two attached hydrogens (primary N) is 1. The maximum Gasteiger partial charge on any atom is 0.0625 e. The normalized spacial score (nSPS) is 14.3. The molecule has 2 aromatic rings. The number of anilines is 1. The fraction of sp³-hybridized carbons (Fsp3) is 0.375. The van der Waals surface area contributed by atoms with E-state index in [1.165, 1.54) is 16.5 Å². The molecule has 19 heavy (non-hydrogen) atoms. The van der Waals surface area contributed by atoms with E-state index in [9.17, 15) is 5.11 Å². The topological polar surface area (TPSA) is 49.5 Å². The lowest BCUT2D eigenvalue weighted by atomic mass is 10.0. The summed E-state index contributed by atoms with van der Waals surface area (Å²) in [7, 11) is 0. The molecule has 0 radical (unpaired) electrons. The molecule has 3 N–H and O–H groups in total. The van der Waals surface area contributed by atoms with Gasteiger partial charge in [-0.3, -0.25) is 0 Å². The zero-order valence-electron chi connectivity index (χ0n) is 11.6. The molecule has 0 aromatic heterocycles. The van der Waals surface area contributed by atoms with E-state index in [0.29, 0.717) is 6.54 Å². The second-order valence-corrected chi connectivity index (χ2v) is 5.32. The number of hydrogen-bond donors (Lipinski definition) is 2. The summed E-state index contributed by atoms with van der Waals surface area (Å²) in [5.74, 6) is 0. The van der Waals surface area contributed by atoms with E-state index in [4.69, 9.17) is 5.73 Å². The largest absolute Gasteiger partial charge is 0.394 e. The molecule has 0 aliphatic rings. The number of rotatable bonds is 5. The molecular weight excluding hydrogens is 236 g/mol. The third-order valence-corrected chi connectivity index (χ3v) is 3.40. The van der Waals surface area contributed by atoms with Crippen molar-refractivity contribution in [1.82, 2.24) is 0 Å². The molecule has 102 valence electrons. The van der Waals surface area contributed by atoms with Gasteiger partial charge in [0.05, 0.1) is 12.1 Å². The van der Waals surface area contributed by atoms with Gasteiger partial charge in [-0.2, -0.15) is 0 Å². The molecule has 0 spiro atoms. The Labute approximate surface area is 114 Å². The predicted molar refractivity (Wildman–Crippen MR) is 81.5 cm³/mol. The Hall–Kier alpha value is -1.58. The molecule has 0 amide bonds. The first-order chi connectivity index (χ1) is 9.07. The van der Waals surface area contributed by atoms with E-state index in [0.717, 1.165) is 6.54 Å². The van der Waals surface area contributed by atoms with Gasteiger partial charge in [0.2, 0.25) is 0 Å². The third kappa shape index (κ3) is 3.06. The molecule has 2 aromatic carbocycles. The van der Waals surface area contributed by atoms with Crippen LogP contribution in [-0.4, -0.2) is 30.3 Å². The van der Waals surface area contributed by atoms with Crippen LogP contribution in [0.25, 0.3) is 10.8 Å². The van der Waals surface area contributed by atoms with Crippen molar-refractivity contribution in [2.24, 2.45) is 5.73 Å². The van der Waals surface area contributed by atoms with Gasteiger partial charge in [-0.15, -0.1) is 0 Å². The smallest absolute Gasteiger partial charge is 0.0625 e. The van der Waals surface area contributed by atoms with E-state index in [-0.39, 0.29) is 6.61 Å². The van der Waals surface area contributed by atoms with E-state index >= 15 is 0 Å². The van der Waals surface area contributed by atoms with Crippen molar-refractivity contribution in [3.05, 3.63) is 42.5 Å². The predicted octanol–water partition coefficient (Wildman–Crippen LogP) is 2.38. The summed E-state index contributed by atoms with van der Waals surface area (Å²) in [6, 6.07) is 14.6. The van der Waals surface area contributed by atoms with Crippen LogP contribution in [0.1, 0.15) is 13.8 Å². The van der Waals surface area contributed by atoms with Crippen LogP contribution in [0, 0.1) is 0 Å². The van der Waals surface area contributed by atoms with Crippen molar-refractivity contribution in [3.8, 4) is 0 Å². The highest BCUT2D eigenvalue weighted by Gasteiger charge is 2.21. The van der Waals surface area contributed by atoms with Gasteiger partial charge in [-0.1, -0.05) is 36.4 Å². The molecular formula is C16H22N2O. The first-order valence-corrected chi connectivity index (χ1v) is 6.70. The molecule has 0 fully saturated rings. The minimum Gasteiger partial charge on any atom is -0.394 e. The molecule has 1 atom stereocenters. The minimum absolute atomic E-state index is 0.0196. The minimum atomic E-state index is -0.590. The fourth-order valence-electron chi connectivity index (χ4n) is 2.34. The summed E-state index contributed by atoms with van der Waals surface area (Å²) in [5, 5.41) is 11.8. The second-order valence-electron chi connectivity index (χ2n) is 5.32. The van der Waals surface area contributed by atoms with E-state index in [1.807, 2.05) is 19.1 Å². The Bertz CT molecular complexity index is 546. The zero-order valence-corrected chi connectivity index (χ0v) is 11.6. The quantitative estimate of drug-likeness (QED) is 0.865. The van der Waals surface area contributed by atoms with Crippen molar-refractivity contribution in [3.63, 3.8) is 0 Å². The Morgan fingerprint density at radius 3 is 2.53 bits per heavy atom. The summed E-state index contributed by atoms with van der Waals surface area (Å²) < 4.78 is 0. The third-order valence-electron chi connectivity index (χ3n) is 3.40. The van der Waals surface area contributed by atoms with Gasteiger partial charge in [0.1, 0.15) is 0 Å². The van der Waals surface area contributed by atoms with Crippen molar-refractivity contribution in [2.45, 2.75) is 19.4 Å². The summed E-state index contributed by atoms with van der Waals surface area (Å²) >= 11 is 0. The van der Waals surface area contributed by atoms with Gasteiger partial charge in [-0.25, -0.2) is 0 Å². The van der Waals surface area contributed by atoms with E-state index in [1.54, 1.807) is 0 Å². The molecule has 0 aliphatic heterocycles. The average molecular weight is 258 g/mol. The van der Waals surface area contributed by atoms with Crippen molar-refractivity contribution >= 4 is 16.5 Å². The van der Waals surface area contributed by atoms with Gasteiger partial charge < -0.3 is 15.7 Å². The van der Waals surface area contributed by atoms with Crippen LogP contribution in [0.15, 0.2) is 42.5 Å². The standard InChI is InChI=1S/C16H22N2O/c1-3-18(11-16(2,17)12-19)15-10-6-8-13-7-4-5-9-14(13)15/h4-10,19H,3,11-12,17H2,1-2H3. The molecule has 3 nitrogen and oxygen atoms in total. The SMILES string of the molecule is CCN(CC(C)(N)CO)c1cccc2ccccc12. The highest BCUT2D eigenvalue weighted by Crippen LogP contribution is 2.27. The van der Waals surface area contributed by atoms with E-state index < -0.39 is 5.54 Å². The monoisotopic (exact) mass is 258 g/mol. The molecule has 3 heteroatoms. The van der Waals surface area contributed by atoms with Crippen LogP contribution in [0.5, 0.6) is 0 Å². The Balaban J connectivity index is 2.41. The first kappa shape index (κ1) is 13.8. The lowest BCUT2D eigenvalue weighted by Crippen LogP contribution is -2.50. The van der Waals surface area contributed by atoms with Gasteiger partial charge in [-0.05, 0) is 25.3 Å². The summed E-state index contributed by atoms with van der Waals surface area (Å²) in [4.78, 5) is 2.22. The Kier molecular flexibility index (Phi) is 4.08. The van der Waals surface area contributed by atoms with Crippen molar-refractivity contribution in [1.29, 1.82) is 0 Å².